The Bertz CT molecular complexity index is 672. The third kappa shape index (κ3) is 4.10. The van der Waals surface area contributed by atoms with E-state index in [1.54, 1.807) is 4.90 Å². The molecule has 2 heterocycles. The highest BCUT2D eigenvalue weighted by atomic mass is 35.5. The molecule has 1 aromatic carbocycles. The molecule has 136 valence electrons. The van der Waals surface area contributed by atoms with Crippen molar-refractivity contribution >= 4 is 23.4 Å². The first-order chi connectivity index (χ1) is 12.0. The Kier molecular flexibility index (Phi) is 5.54. The zero-order valence-electron chi connectivity index (χ0n) is 13.9. The van der Waals surface area contributed by atoms with E-state index in [0.717, 1.165) is 43.0 Å². The number of carbonyl (C=O) groups excluding carboxylic acids is 2. The predicted molar refractivity (Wildman–Crippen MR) is 88.6 cm³/mol. The summed E-state index contributed by atoms with van der Waals surface area (Å²) in [6.45, 7) is 4.32. The molecule has 8 heteroatoms. The van der Waals surface area contributed by atoms with Crippen molar-refractivity contribution in [2.24, 2.45) is 0 Å². The van der Waals surface area contributed by atoms with Crippen LogP contribution >= 0.6 is 11.6 Å². The highest BCUT2D eigenvalue weighted by Crippen LogP contribution is 2.21. The maximum absolute atomic E-state index is 13.4. The molecule has 0 saturated carbocycles. The van der Waals surface area contributed by atoms with Crippen molar-refractivity contribution < 1.29 is 23.3 Å². The van der Waals surface area contributed by atoms with Crippen LogP contribution in [0.25, 0.3) is 0 Å². The molecule has 1 aromatic rings. The third-order valence-electron chi connectivity index (χ3n) is 4.86. The van der Waals surface area contributed by atoms with E-state index in [2.05, 4.69) is 0 Å². The Morgan fingerprint density at radius 3 is 2.24 bits per heavy atom. The molecule has 1 N–H and O–H groups in total. The lowest BCUT2D eigenvalue weighted by molar-refractivity contribution is -0.896. The molecule has 2 amide bonds. The molecular weight excluding hydrogens is 352 g/mol. The van der Waals surface area contributed by atoms with Gasteiger partial charge in [-0.2, -0.15) is 0 Å². The van der Waals surface area contributed by atoms with Gasteiger partial charge in [0.15, 0.2) is 18.2 Å². The van der Waals surface area contributed by atoms with Crippen LogP contribution in [0.15, 0.2) is 12.1 Å². The van der Waals surface area contributed by atoms with Crippen LogP contribution in [0.3, 0.4) is 0 Å². The first-order valence-corrected chi connectivity index (χ1v) is 8.88. The maximum atomic E-state index is 13.4. The highest BCUT2D eigenvalue weighted by molar-refractivity contribution is 6.33. The molecule has 2 aliphatic rings. The topological polar surface area (TPSA) is 45.1 Å². The second-order valence-electron chi connectivity index (χ2n) is 6.55. The van der Waals surface area contributed by atoms with Crippen LogP contribution in [0.2, 0.25) is 5.02 Å². The fraction of sp³-hybridized carbons (Fsp3) is 0.529. The minimum Gasteiger partial charge on any atom is -0.338 e. The number of benzene rings is 1. The van der Waals surface area contributed by atoms with Crippen LogP contribution in [-0.2, 0) is 4.79 Å². The number of amides is 2. The summed E-state index contributed by atoms with van der Waals surface area (Å²) < 4.78 is 26.5. The van der Waals surface area contributed by atoms with Crippen LogP contribution in [0, 0.1) is 11.6 Å². The molecule has 3 rings (SSSR count). The molecule has 0 aromatic heterocycles. The van der Waals surface area contributed by atoms with Crippen molar-refractivity contribution in [1.29, 1.82) is 0 Å². The second-order valence-corrected chi connectivity index (χ2v) is 6.96. The number of hydrogen-bond acceptors (Lipinski definition) is 2. The molecule has 0 radical (unpaired) electrons. The number of nitrogens with one attached hydrogen (secondary N) is 1. The summed E-state index contributed by atoms with van der Waals surface area (Å²) in [6.07, 6.45) is 2.14. The minimum atomic E-state index is -1.09. The summed E-state index contributed by atoms with van der Waals surface area (Å²) in [5.41, 5.74) is -0.0304. The Morgan fingerprint density at radius 2 is 1.60 bits per heavy atom. The molecule has 0 atom stereocenters. The molecule has 0 spiro atoms. The fourth-order valence-corrected chi connectivity index (χ4v) is 3.58. The summed E-state index contributed by atoms with van der Waals surface area (Å²) >= 11 is 5.88. The maximum Gasteiger partial charge on any atom is 0.277 e. The molecule has 25 heavy (non-hydrogen) atoms. The van der Waals surface area contributed by atoms with Crippen LogP contribution in [0.4, 0.5) is 8.78 Å². The molecule has 0 aliphatic carbocycles. The lowest BCUT2D eigenvalue weighted by atomic mass is 10.1. The van der Waals surface area contributed by atoms with Crippen molar-refractivity contribution in [3.8, 4) is 0 Å². The van der Waals surface area contributed by atoms with Crippen LogP contribution in [0.5, 0.6) is 0 Å². The summed E-state index contributed by atoms with van der Waals surface area (Å²) in [7, 11) is 0. The van der Waals surface area contributed by atoms with Crippen molar-refractivity contribution in [2.45, 2.75) is 12.8 Å². The Balaban J connectivity index is 1.56. The van der Waals surface area contributed by atoms with Gasteiger partial charge in [-0.15, -0.1) is 0 Å². The van der Waals surface area contributed by atoms with Gasteiger partial charge in [0, 0.05) is 13.1 Å². The van der Waals surface area contributed by atoms with E-state index in [9.17, 15) is 18.4 Å². The van der Waals surface area contributed by atoms with Gasteiger partial charge in [-0.3, -0.25) is 9.59 Å². The van der Waals surface area contributed by atoms with Gasteiger partial charge in [0.2, 0.25) is 0 Å². The lowest BCUT2D eigenvalue weighted by Crippen LogP contribution is -3.15. The smallest absolute Gasteiger partial charge is 0.277 e. The van der Waals surface area contributed by atoms with Crippen LogP contribution in [0.1, 0.15) is 23.2 Å². The number of nitrogens with zero attached hydrogens (tertiary/aromatic N) is 2. The first kappa shape index (κ1) is 18.1. The number of rotatable bonds is 3. The minimum absolute atomic E-state index is 0.0304. The average molecular weight is 373 g/mol. The Labute approximate surface area is 150 Å². The van der Waals surface area contributed by atoms with Crippen LogP contribution < -0.4 is 4.90 Å². The number of likely N-dealkylation sites (tertiary alicyclic amines) is 1. The molecule has 0 unspecified atom stereocenters. The molecule has 2 fully saturated rings. The highest BCUT2D eigenvalue weighted by Gasteiger charge is 2.29. The largest absolute Gasteiger partial charge is 0.338 e. The Morgan fingerprint density at radius 1 is 1.00 bits per heavy atom. The van der Waals surface area contributed by atoms with Crippen LogP contribution in [-0.4, -0.2) is 67.4 Å². The van der Waals surface area contributed by atoms with E-state index in [1.165, 1.54) is 0 Å². The van der Waals surface area contributed by atoms with Gasteiger partial charge >= 0.3 is 0 Å². The Hall–Kier alpha value is -1.73. The van der Waals surface area contributed by atoms with Crippen molar-refractivity contribution in [1.82, 2.24) is 9.80 Å². The van der Waals surface area contributed by atoms with E-state index in [0.29, 0.717) is 32.7 Å². The third-order valence-corrected chi connectivity index (χ3v) is 5.17. The molecule has 2 saturated heterocycles. The summed E-state index contributed by atoms with van der Waals surface area (Å²) in [4.78, 5) is 29.3. The average Bonchev–Trinajstić information content (AvgIpc) is 3.13. The van der Waals surface area contributed by atoms with Gasteiger partial charge < -0.3 is 14.7 Å². The van der Waals surface area contributed by atoms with Crippen molar-refractivity contribution in [2.75, 3.05) is 45.8 Å². The number of piperazine rings is 1. The zero-order valence-corrected chi connectivity index (χ0v) is 14.6. The lowest BCUT2D eigenvalue weighted by Gasteiger charge is -2.32. The first-order valence-electron chi connectivity index (χ1n) is 8.51. The van der Waals surface area contributed by atoms with Gasteiger partial charge in [-0.05, 0) is 25.0 Å². The summed E-state index contributed by atoms with van der Waals surface area (Å²) in [5, 5.41) is -0.0945. The number of carbonyl (C=O) groups is 2. The van der Waals surface area contributed by atoms with E-state index in [-0.39, 0.29) is 16.5 Å². The zero-order chi connectivity index (χ0) is 18.0. The van der Waals surface area contributed by atoms with Gasteiger partial charge in [0.1, 0.15) is 0 Å². The fourth-order valence-electron chi connectivity index (χ4n) is 3.35. The molecular formula is C17H21ClF2N3O2+. The monoisotopic (exact) mass is 372 g/mol. The van der Waals surface area contributed by atoms with Gasteiger partial charge in [-0.25, -0.2) is 8.78 Å². The van der Waals surface area contributed by atoms with Gasteiger partial charge in [0.25, 0.3) is 11.8 Å². The second kappa shape index (κ2) is 7.66. The van der Waals surface area contributed by atoms with E-state index < -0.39 is 17.5 Å². The molecule has 2 aliphatic heterocycles. The molecule has 5 nitrogen and oxygen atoms in total. The van der Waals surface area contributed by atoms with Crippen molar-refractivity contribution in [3.05, 3.63) is 34.4 Å². The summed E-state index contributed by atoms with van der Waals surface area (Å²) in [5.74, 6) is -2.41. The number of hydrogen-bond donors (Lipinski definition) is 1. The number of halogens is 3. The molecule has 0 bridgehead atoms. The van der Waals surface area contributed by atoms with Gasteiger partial charge in [0.05, 0.1) is 36.8 Å². The van der Waals surface area contributed by atoms with Gasteiger partial charge in [-0.1, -0.05) is 11.6 Å². The number of quaternary nitrogens is 1. The SMILES string of the molecule is O=C(C[NH+]1CCN(C(=O)c2cc(F)c(F)cc2Cl)CC1)N1CCCC1. The standard InChI is InChI=1S/C17H20ClF2N3O2/c18-13-10-15(20)14(19)9-12(13)17(25)23-7-5-21(6-8-23)11-16(24)22-3-1-2-4-22/h9-10H,1-8,11H2/p+1. The quantitative estimate of drug-likeness (QED) is 0.789. The normalized spacial score (nSPS) is 18.7. The van der Waals surface area contributed by atoms with Crippen molar-refractivity contribution in [3.63, 3.8) is 0 Å². The van der Waals surface area contributed by atoms with E-state index in [4.69, 9.17) is 11.6 Å². The predicted octanol–water partition coefficient (Wildman–Crippen LogP) is 0.581. The van der Waals surface area contributed by atoms with E-state index in [1.807, 2.05) is 4.90 Å². The van der Waals surface area contributed by atoms with E-state index >= 15 is 0 Å². The summed E-state index contributed by atoms with van der Waals surface area (Å²) in [6, 6.07) is 1.66.